The molecule has 28 heavy (non-hydrogen) atoms. The van der Waals surface area contributed by atoms with E-state index in [-0.39, 0.29) is 5.91 Å². The van der Waals surface area contributed by atoms with Gasteiger partial charge in [-0.05, 0) is 18.4 Å². The maximum atomic E-state index is 12.9. The van der Waals surface area contributed by atoms with Crippen LogP contribution in [0.4, 0.5) is 0 Å². The quantitative estimate of drug-likeness (QED) is 0.637. The Kier molecular flexibility index (Phi) is 6.24. The molecule has 0 aliphatic carbocycles. The SMILES string of the molecule is COC(=O)C(CC1=C(SC)N(C)CN1C)NC(=O)c1c[nH]c2cc(Br)ccc12. The van der Waals surface area contributed by atoms with Crippen LogP contribution in [0.2, 0.25) is 0 Å². The molecule has 2 aromatic rings. The van der Waals surface area contributed by atoms with E-state index in [0.29, 0.717) is 12.0 Å². The van der Waals surface area contributed by atoms with Gasteiger partial charge in [0.15, 0.2) is 0 Å². The summed E-state index contributed by atoms with van der Waals surface area (Å²) in [5.74, 6) is -0.781. The summed E-state index contributed by atoms with van der Waals surface area (Å²) in [6.07, 6.45) is 4.02. The number of carbonyl (C=O) groups is 2. The Balaban J connectivity index is 1.85. The maximum absolute atomic E-state index is 12.9. The second-order valence-corrected chi connectivity index (χ2v) is 8.35. The maximum Gasteiger partial charge on any atom is 0.328 e. The molecule has 0 bridgehead atoms. The predicted octanol–water partition coefficient (Wildman–Crippen LogP) is 2.96. The van der Waals surface area contributed by atoms with Gasteiger partial charge in [-0.15, -0.1) is 11.8 Å². The summed E-state index contributed by atoms with van der Waals surface area (Å²) in [7, 11) is 5.31. The minimum Gasteiger partial charge on any atom is -0.467 e. The molecule has 9 heteroatoms. The molecule has 2 N–H and O–H groups in total. The number of rotatable bonds is 6. The highest BCUT2D eigenvalue weighted by atomic mass is 79.9. The first kappa shape index (κ1) is 20.6. The van der Waals surface area contributed by atoms with E-state index in [4.69, 9.17) is 4.74 Å². The second kappa shape index (κ2) is 8.48. The highest BCUT2D eigenvalue weighted by molar-refractivity contribution is 9.10. The lowest BCUT2D eigenvalue weighted by molar-refractivity contribution is -0.142. The molecule has 0 radical (unpaired) electrons. The van der Waals surface area contributed by atoms with Crippen LogP contribution in [0.25, 0.3) is 10.9 Å². The second-order valence-electron chi connectivity index (χ2n) is 6.64. The van der Waals surface area contributed by atoms with E-state index < -0.39 is 12.0 Å². The van der Waals surface area contributed by atoms with E-state index in [9.17, 15) is 9.59 Å². The molecule has 1 aliphatic heterocycles. The minimum atomic E-state index is -0.774. The number of halogens is 1. The Morgan fingerprint density at radius 1 is 1.36 bits per heavy atom. The van der Waals surface area contributed by atoms with Crippen molar-refractivity contribution in [3.63, 3.8) is 0 Å². The van der Waals surface area contributed by atoms with Crippen molar-refractivity contribution in [3.05, 3.63) is 45.2 Å². The molecule has 0 fully saturated rings. The Morgan fingerprint density at radius 3 is 2.79 bits per heavy atom. The van der Waals surface area contributed by atoms with Crippen molar-refractivity contribution < 1.29 is 14.3 Å². The van der Waals surface area contributed by atoms with Gasteiger partial charge in [-0.1, -0.05) is 22.0 Å². The van der Waals surface area contributed by atoms with Crippen LogP contribution in [0.15, 0.2) is 39.6 Å². The number of nitrogens with zero attached hydrogens (tertiary/aromatic N) is 2. The summed E-state index contributed by atoms with van der Waals surface area (Å²) in [5.41, 5.74) is 2.35. The number of methoxy groups -OCH3 is 1. The van der Waals surface area contributed by atoms with Crippen LogP contribution in [0.5, 0.6) is 0 Å². The Morgan fingerprint density at radius 2 is 2.11 bits per heavy atom. The molecule has 0 saturated heterocycles. The number of aromatic amines is 1. The summed E-state index contributed by atoms with van der Waals surface area (Å²) >= 11 is 5.04. The van der Waals surface area contributed by atoms with Crippen LogP contribution >= 0.6 is 27.7 Å². The number of ether oxygens (including phenoxy) is 1. The summed E-state index contributed by atoms with van der Waals surface area (Å²) in [6.45, 7) is 0.741. The monoisotopic (exact) mass is 466 g/mol. The first-order valence-electron chi connectivity index (χ1n) is 8.70. The summed E-state index contributed by atoms with van der Waals surface area (Å²) < 4.78 is 5.87. The van der Waals surface area contributed by atoms with Crippen molar-refractivity contribution >= 4 is 50.5 Å². The van der Waals surface area contributed by atoms with Crippen LogP contribution in [-0.2, 0) is 9.53 Å². The number of hydrogen-bond donors (Lipinski definition) is 2. The van der Waals surface area contributed by atoms with Crippen molar-refractivity contribution in [3.8, 4) is 0 Å². The van der Waals surface area contributed by atoms with Gasteiger partial charge in [0.2, 0.25) is 0 Å². The summed E-state index contributed by atoms with van der Waals surface area (Å²) in [4.78, 5) is 32.6. The Hall–Kier alpha value is -2.13. The molecular weight excluding hydrogens is 444 g/mol. The van der Waals surface area contributed by atoms with Crippen LogP contribution < -0.4 is 5.32 Å². The van der Waals surface area contributed by atoms with Crippen molar-refractivity contribution in [2.45, 2.75) is 12.5 Å². The molecule has 1 unspecified atom stereocenters. The number of carbonyl (C=O) groups excluding carboxylic acids is 2. The van der Waals surface area contributed by atoms with Gasteiger partial charge in [-0.25, -0.2) is 4.79 Å². The largest absolute Gasteiger partial charge is 0.467 e. The van der Waals surface area contributed by atoms with Crippen molar-refractivity contribution in [2.24, 2.45) is 0 Å². The normalized spacial score (nSPS) is 15.3. The zero-order valence-electron chi connectivity index (χ0n) is 16.2. The lowest BCUT2D eigenvalue weighted by Crippen LogP contribution is -2.42. The average molecular weight is 467 g/mol. The molecule has 150 valence electrons. The molecule has 1 aromatic carbocycles. The first-order valence-corrected chi connectivity index (χ1v) is 10.7. The fourth-order valence-electron chi connectivity index (χ4n) is 3.42. The van der Waals surface area contributed by atoms with Gasteiger partial charge < -0.3 is 24.8 Å². The highest BCUT2D eigenvalue weighted by Crippen LogP contribution is 2.31. The third kappa shape index (κ3) is 4.00. The Labute approximate surface area is 176 Å². The van der Waals surface area contributed by atoms with E-state index in [1.165, 1.54) is 7.11 Å². The summed E-state index contributed by atoms with van der Waals surface area (Å²) in [5, 5.41) is 4.73. The average Bonchev–Trinajstić information content (AvgIpc) is 3.20. The molecule has 0 spiro atoms. The molecule has 1 aliphatic rings. The van der Waals surface area contributed by atoms with Gasteiger partial charge in [0.05, 0.1) is 24.4 Å². The summed E-state index contributed by atoms with van der Waals surface area (Å²) in [6, 6.07) is 4.88. The predicted molar refractivity (Wildman–Crippen MR) is 115 cm³/mol. The topological polar surface area (TPSA) is 77.7 Å². The van der Waals surface area contributed by atoms with Crippen molar-refractivity contribution in [1.82, 2.24) is 20.1 Å². The number of fused-ring (bicyclic) bond motifs is 1. The molecule has 1 amide bonds. The number of benzene rings is 1. The Bertz CT molecular complexity index is 942. The van der Waals surface area contributed by atoms with E-state index in [1.54, 1.807) is 18.0 Å². The van der Waals surface area contributed by atoms with Crippen LogP contribution in [0, 0.1) is 0 Å². The zero-order valence-corrected chi connectivity index (χ0v) is 18.6. The molecule has 2 heterocycles. The standard InChI is InChI=1S/C19H23BrN4O3S/c1-23-10-24(2)18(28-4)16(23)8-15(19(26)27-3)22-17(25)13-9-21-14-7-11(20)5-6-12(13)14/h5-7,9,15,21H,8,10H2,1-4H3,(H,22,25). The van der Waals surface area contributed by atoms with Gasteiger partial charge >= 0.3 is 5.97 Å². The number of aromatic nitrogens is 1. The lowest BCUT2D eigenvalue weighted by atomic mass is 10.1. The van der Waals surface area contributed by atoms with E-state index >= 15 is 0 Å². The molecule has 1 atom stereocenters. The third-order valence-electron chi connectivity index (χ3n) is 4.75. The van der Waals surface area contributed by atoms with Gasteiger partial charge in [-0.3, -0.25) is 4.79 Å². The number of amides is 1. The molecule has 3 rings (SSSR count). The number of esters is 1. The smallest absolute Gasteiger partial charge is 0.328 e. The van der Waals surface area contributed by atoms with E-state index in [0.717, 1.165) is 32.8 Å². The lowest BCUT2D eigenvalue weighted by Gasteiger charge is -2.21. The van der Waals surface area contributed by atoms with Gasteiger partial charge in [0, 0.05) is 47.8 Å². The number of hydrogen-bond acceptors (Lipinski definition) is 6. The van der Waals surface area contributed by atoms with Crippen LogP contribution in [-0.4, -0.2) is 66.8 Å². The first-order chi connectivity index (χ1) is 13.3. The minimum absolute atomic E-state index is 0.315. The van der Waals surface area contributed by atoms with Crippen molar-refractivity contribution in [2.75, 3.05) is 34.1 Å². The third-order valence-corrected chi connectivity index (χ3v) is 6.18. The molecule has 0 saturated carbocycles. The van der Waals surface area contributed by atoms with Gasteiger partial charge in [0.1, 0.15) is 6.04 Å². The number of H-pyrrole nitrogens is 1. The van der Waals surface area contributed by atoms with Crippen LogP contribution in [0.3, 0.4) is 0 Å². The fourth-order valence-corrected chi connectivity index (χ4v) is 4.62. The highest BCUT2D eigenvalue weighted by Gasteiger charge is 2.31. The van der Waals surface area contributed by atoms with Gasteiger partial charge in [0.25, 0.3) is 5.91 Å². The fraction of sp³-hybridized carbons (Fsp3) is 0.368. The van der Waals surface area contributed by atoms with Crippen LogP contribution in [0.1, 0.15) is 16.8 Å². The zero-order chi connectivity index (χ0) is 20.4. The van der Waals surface area contributed by atoms with Crippen molar-refractivity contribution in [1.29, 1.82) is 0 Å². The molecule has 7 nitrogen and oxygen atoms in total. The molecular formula is C19H23BrN4O3S. The van der Waals surface area contributed by atoms with E-state index in [1.807, 2.05) is 38.6 Å². The van der Waals surface area contributed by atoms with E-state index in [2.05, 4.69) is 36.0 Å². The molecule has 1 aromatic heterocycles. The number of nitrogens with one attached hydrogen (secondary N) is 2. The number of thioether (sulfide) groups is 1. The van der Waals surface area contributed by atoms with Gasteiger partial charge in [-0.2, -0.15) is 0 Å².